The highest BCUT2D eigenvalue weighted by molar-refractivity contribution is 8.13. The largest absolute Gasteiger partial charge is 0.410 e. The van der Waals surface area contributed by atoms with E-state index in [0.717, 1.165) is 25.7 Å². The average Bonchev–Trinajstić information content (AvgIpc) is 3.07. The fourth-order valence-electron chi connectivity index (χ4n) is 4.71. The van der Waals surface area contributed by atoms with Crippen LogP contribution in [0.25, 0.3) is 0 Å². The van der Waals surface area contributed by atoms with Gasteiger partial charge in [-0.25, -0.2) is 0 Å². The minimum Gasteiger partial charge on any atom is -0.410 e. The lowest BCUT2D eigenvalue weighted by Gasteiger charge is -2.44. The smallest absolute Gasteiger partial charge is 0.201 e. The van der Waals surface area contributed by atoms with Crippen LogP contribution in [0.5, 0.6) is 0 Å². The van der Waals surface area contributed by atoms with Crippen molar-refractivity contribution in [1.29, 1.82) is 0 Å². The summed E-state index contributed by atoms with van der Waals surface area (Å²) >= 11 is 1.72. The molecule has 1 heterocycles. The lowest BCUT2D eigenvalue weighted by Crippen LogP contribution is -2.49. The summed E-state index contributed by atoms with van der Waals surface area (Å²) < 4.78 is 6.86. The molecule has 0 fully saturated rings. The van der Waals surface area contributed by atoms with Crippen LogP contribution in [0.4, 0.5) is 0 Å². The van der Waals surface area contributed by atoms with Crippen molar-refractivity contribution >= 4 is 30.9 Å². The zero-order valence-corrected chi connectivity index (χ0v) is 21.3. The number of carbonyl (C=O) groups excluding carboxylic acids is 1. The van der Waals surface area contributed by atoms with Crippen LogP contribution in [-0.4, -0.2) is 37.5 Å². The predicted molar refractivity (Wildman–Crippen MR) is 128 cm³/mol. The van der Waals surface area contributed by atoms with Crippen molar-refractivity contribution in [3.8, 4) is 0 Å². The van der Waals surface area contributed by atoms with Crippen molar-refractivity contribution in [2.24, 2.45) is 4.99 Å². The topological polar surface area (TPSA) is 38.7 Å². The number of Topliss-reactive ketones (excluding diaryl/α,β-unsaturated/α-hetero) is 1. The minimum absolute atomic E-state index is 0.164. The van der Waals surface area contributed by atoms with E-state index >= 15 is 0 Å². The van der Waals surface area contributed by atoms with Gasteiger partial charge in [0.25, 0.3) is 0 Å². The maximum atomic E-state index is 12.3. The van der Waals surface area contributed by atoms with E-state index in [9.17, 15) is 4.79 Å². The van der Waals surface area contributed by atoms with Gasteiger partial charge in [-0.2, -0.15) is 0 Å². The van der Waals surface area contributed by atoms with Crippen LogP contribution in [0.3, 0.4) is 0 Å². The van der Waals surface area contributed by atoms with Crippen LogP contribution < -0.4 is 0 Å². The number of allylic oxidation sites excluding steroid dienone is 1. The first-order valence-electron chi connectivity index (χ1n) is 11.1. The van der Waals surface area contributed by atoms with Crippen molar-refractivity contribution in [2.75, 3.05) is 6.26 Å². The molecule has 1 aliphatic heterocycles. The van der Waals surface area contributed by atoms with Gasteiger partial charge in [0.2, 0.25) is 8.32 Å². The molecule has 0 radical (unpaired) electrons. The molecule has 0 aromatic heterocycles. The van der Waals surface area contributed by atoms with Crippen LogP contribution in [0.2, 0.25) is 16.6 Å². The van der Waals surface area contributed by atoms with Crippen LogP contribution in [0, 0.1) is 0 Å². The Kier molecular flexibility index (Phi) is 11.3. The normalized spacial score (nSPS) is 19.2. The molecule has 0 N–H and O–H groups in total. The van der Waals surface area contributed by atoms with E-state index in [-0.39, 0.29) is 12.1 Å². The predicted octanol–water partition coefficient (Wildman–Crippen LogP) is 7.18. The second-order valence-electron chi connectivity index (χ2n) is 9.01. The summed E-state index contributed by atoms with van der Waals surface area (Å²) in [5.41, 5.74) is 1.78. The average molecular weight is 426 g/mol. The first-order chi connectivity index (χ1) is 13.2. The van der Waals surface area contributed by atoms with Crippen molar-refractivity contribution < 1.29 is 9.22 Å². The Morgan fingerprint density at radius 3 is 2.29 bits per heavy atom. The number of aliphatic imine (C=N–C) groups is 1. The fraction of sp³-hybridized carbons (Fsp3) is 0.826. The first kappa shape index (κ1) is 25.6. The number of carbonyl (C=O) groups is 1. The van der Waals surface area contributed by atoms with E-state index in [4.69, 9.17) is 4.43 Å². The van der Waals surface area contributed by atoms with Crippen molar-refractivity contribution in [3.05, 3.63) is 12.2 Å². The molecule has 3 nitrogen and oxygen atoms in total. The van der Waals surface area contributed by atoms with E-state index in [1.54, 1.807) is 11.8 Å². The lowest BCUT2D eigenvalue weighted by atomic mass is 10.0. The number of hydrogen-bond donors (Lipinski definition) is 0. The number of rotatable bonds is 12. The number of thioether (sulfide) groups is 1. The van der Waals surface area contributed by atoms with Crippen molar-refractivity contribution in [2.45, 2.75) is 116 Å². The molecule has 0 aromatic rings. The van der Waals surface area contributed by atoms with Gasteiger partial charge in [-0.05, 0) is 48.6 Å². The third kappa shape index (κ3) is 7.14. The highest BCUT2D eigenvalue weighted by atomic mass is 32.2. The highest BCUT2D eigenvalue weighted by Crippen LogP contribution is 2.43. The molecular weight excluding hydrogens is 382 g/mol. The molecule has 0 spiro atoms. The monoisotopic (exact) mass is 425 g/mol. The Hall–Kier alpha value is -0.393. The van der Waals surface area contributed by atoms with E-state index in [1.807, 2.05) is 0 Å². The van der Waals surface area contributed by atoms with E-state index in [1.165, 1.54) is 5.04 Å². The molecule has 28 heavy (non-hydrogen) atoms. The van der Waals surface area contributed by atoms with Gasteiger partial charge in [-0.1, -0.05) is 60.6 Å². The molecule has 0 saturated heterocycles. The number of nitrogens with zero attached hydrogens (tertiary/aromatic N) is 1. The summed E-state index contributed by atoms with van der Waals surface area (Å²) in [7, 11) is -1.86. The number of hydrogen-bond acceptors (Lipinski definition) is 4. The van der Waals surface area contributed by atoms with Gasteiger partial charge >= 0.3 is 0 Å². The SMILES string of the molecule is CC[C@@H](/C=C/CCC(=O)C[C@@H]1CCC(SC)=N1)O[Si](C(C)C)(C(C)C)C(C)C. The van der Waals surface area contributed by atoms with Crippen LogP contribution >= 0.6 is 11.8 Å². The quantitative estimate of drug-likeness (QED) is 0.245. The van der Waals surface area contributed by atoms with Gasteiger partial charge in [0.1, 0.15) is 5.78 Å². The summed E-state index contributed by atoms with van der Waals surface area (Å²) in [5.74, 6) is 0.338. The summed E-state index contributed by atoms with van der Waals surface area (Å²) in [4.78, 5) is 16.9. The third-order valence-corrected chi connectivity index (χ3v) is 13.0. The maximum absolute atomic E-state index is 12.3. The summed E-state index contributed by atoms with van der Waals surface area (Å²) in [6.45, 7) is 16.2. The number of ketones is 1. The molecule has 1 aliphatic rings. The molecule has 0 unspecified atom stereocenters. The molecular formula is C23H43NO2SSi. The van der Waals surface area contributed by atoms with Crippen molar-refractivity contribution in [1.82, 2.24) is 0 Å². The molecule has 0 aromatic carbocycles. The van der Waals surface area contributed by atoms with E-state index < -0.39 is 8.32 Å². The Morgan fingerprint density at radius 1 is 1.21 bits per heavy atom. The summed E-state index contributed by atoms with van der Waals surface area (Å²) in [6.07, 6.45) is 11.7. The van der Waals surface area contributed by atoms with E-state index in [0.29, 0.717) is 35.2 Å². The second kappa shape index (κ2) is 12.3. The molecule has 0 aliphatic carbocycles. The molecule has 5 heteroatoms. The Bertz CT molecular complexity index is 521. The second-order valence-corrected chi connectivity index (χ2v) is 15.3. The summed E-state index contributed by atoms with van der Waals surface area (Å²) in [5, 5.41) is 1.20. The molecule has 0 amide bonds. The van der Waals surface area contributed by atoms with Gasteiger partial charge in [0.05, 0.1) is 17.2 Å². The van der Waals surface area contributed by atoms with Gasteiger partial charge in [-0.15, -0.1) is 11.8 Å². The Balaban J connectivity index is 2.56. The van der Waals surface area contributed by atoms with Gasteiger partial charge in [0.15, 0.2) is 0 Å². The molecule has 0 bridgehead atoms. The summed E-state index contributed by atoms with van der Waals surface area (Å²) in [6, 6.07) is 0.223. The zero-order chi connectivity index (χ0) is 21.3. The van der Waals surface area contributed by atoms with Crippen LogP contribution in [0.15, 0.2) is 17.1 Å². The lowest BCUT2D eigenvalue weighted by molar-refractivity contribution is -0.119. The molecule has 2 atom stereocenters. The fourth-order valence-corrected chi connectivity index (χ4v) is 10.9. The zero-order valence-electron chi connectivity index (χ0n) is 19.5. The maximum Gasteiger partial charge on any atom is 0.201 e. The molecule has 0 saturated carbocycles. The van der Waals surface area contributed by atoms with Crippen LogP contribution in [0.1, 0.15) is 87.0 Å². The first-order valence-corrected chi connectivity index (χ1v) is 14.5. The van der Waals surface area contributed by atoms with Gasteiger partial charge < -0.3 is 4.43 Å². The highest BCUT2D eigenvalue weighted by Gasteiger charge is 2.46. The van der Waals surface area contributed by atoms with E-state index in [2.05, 4.69) is 71.9 Å². The molecule has 1 rings (SSSR count). The molecule has 162 valence electrons. The van der Waals surface area contributed by atoms with Crippen molar-refractivity contribution in [3.63, 3.8) is 0 Å². The Labute approximate surface area is 179 Å². The van der Waals surface area contributed by atoms with Gasteiger partial charge in [0, 0.05) is 12.8 Å². The minimum atomic E-state index is -1.86. The Morgan fingerprint density at radius 2 is 1.82 bits per heavy atom. The standard InChI is InChI=1S/C23H43NO2SSi/c1-9-22(26-28(17(2)3,18(4)5)19(6)7)13-11-10-12-21(25)16-20-14-15-23(24-20)27-8/h11,13,17-20,22H,9-10,12,14-16H2,1-8H3/b13-11+/t20-,22-/m0/s1. The van der Waals surface area contributed by atoms with Crippen LogP contribution in [-0.2, 0) is 9.22 Å². The van der Waals surface area contributed by atoms with Gasteiger partial charge in [-0.3, -0.25) is 9.79 Å². The third-order valence-electron chi connectivity index (χ3n) is 6.12.